The van der Waals surface area contributed by atoms with Gasteiger partial charge in [0.25, 0.3) is 0 Å². The average molecular weight is 312 g/mol. The van der Waals surface area contributed by atoms with Gasteiger partial charge in [-0.25, -0.2) is 4.79 Å². The van der Waals surface area contributed by atoms with Gasteiger partial charge < -0.3 is 14.2 Å². The number of methoxy groups -OCH3 is 1. The second kappa shape index (κ2) is 12.7. The van der Waals surface area contributed by atoms with Crippen molar-refractivity contribution >= 4 is 5.97 Å². The van der Waals surface area contributed by atoms with E-state index < -0.39 is 0 Å². The second-order valence-electron chi connectivity index (χ2n) is 6.01. The summed E-state index contributed by atoms with van der Waals surface area (Å²) >= 11 is 0. The highest BCUT2D eigenvalue weighted by atomic mass is 16.7. The molecule has 0 aromatic heterocycles. The number of carbonyl (C=O) groups excluding carboxylic acids is 1. The molecule has 1 fully saturated rings. The smallest absolute Gasteiger partial charge is 0.330 e. The summed E-state index contributed by atoms with van der Waals surface area (Å²) in [5.74, 6) is -0.268. The Morgan fingerprint density at radius 2 is 2.00 bits per heavy atom. The van der Waals surface area contributed by atoms with E-state index in [-0.39, 0.29) is 12.3 Å². The van der Waals surface area contributed by atoms with Crippen molar-refractivity contribution in [3.8, 4) is 0 Å². The van der Waals surface area contributed by atoms with E-state index in [4.69, 9.17) is 9.47 Å². The molecule has 0 amide bonds. The van der Waals surface area contributed by atoms with Crippen LogP contribution < -0.4 is 0 Å². The Kier molecular flexibility index (Phi) is 11.0. The molecular weight excluding hydrogens is 280 g/mol. The van der Waals surface area contributed by atoms with Crippen molar-refractivity contribution in [3.63, 3.8) is 0 Å². The monoisotopic (exact) mass is 312 g/mol. The summed E-state index contributed by atoms with van der Waals surface area (Å²) in [4.78, 5) is 10.9. The van der Waals surface area contributed by atoms with Crippen molar-refractivity contribution < 1.29 is 19.0 Å². The number of rotatable bonds is 11. The van der Waals surface area contributed by atoms with E-state index in [0.717, 1.165) is 32.3 Å². The molecule has 1 aliphatic rings. The Morgan fingerprint density at radius 3 is 2.73 bits per heavy atom. The van der Waals surface area contributed by atoms with Crippen molar-refractivity contribution in [1.82, 2.24) is 0 Å². The minimum atomic E-state index is -0.268. The normalized spacial score (nSPS) is 20.2. The highest BCUT2D eigenvalue weighted by molar-refractivity contribution is 5.81. The Balaban J connectivity index is 1.88. The lowest BCUT2D eigenvalue weighted by molar-refractivity contribution is -0.185. The molecule has 0 bridgehead atoms. The van der Waals surface area contributed by atoms with Crippen LogP contribution in [0.1, 0.15) is 71.1 Å². The van der Waals surface area contributed by atoms with Crippen LogP contribution in [0.15, 0.2) is 12.2 Å². The molecule has 0 aliphatic carbocycles. The highest BCUT2D eigenvalue weighted by Gasteiger charge is 2.16. The molecule has 0 saturated carbocycles. The highest BCUT2D eigenvalue weighted by Crippen LogP contribution is 2.18. The van der Waals surface area contributed by atoms with Crippen LogP contribution in [0, 0.1) is 0 Å². The van der Waals surface area contributed by atoms with E-state index in [9.17, 15) is 4.79 Å². The summed E-state index contributed by atoms with van der Waals surface area (Å²) in [5, 5.41) is 0. The largest absolute Gasteiger partial charge is 0.466 e. The van der Waals surface area contributed by atoms with Gasteiger partial charge in [0.1, 0.15) is 0 Å². The molecule has 1 unspecified atom stereocenters. The van der Waals surface area contributed by atoms with Crippen LogP contribution in [0.2, 0.25) is 0 Å². The van der Waals surface area contributed by atoms with E-state index in [1.165, 1.54) is 51.7 Å². The quantitative estimate of drug-likeness (QED) is 0.323. The average Bonchev–Trinajstić information content (AvgIpc) is 2.54. The van der Waals surface area contributed by atoms with Gasteiger partial charge in [-0.05, 0) is 45.4 Å². The molecule has 4 heteroatoms. The molecule has 128 valence electrons. The number of carbonyl (C=O) groups is 1. The lowest BCUT2D eigenvalue weighted by Crippen LogP contribution is -2.26. The van der Waals surface area contributed by atoms with Crippen LogP contribution in [0.4, 0.5) is 0 Å². The Labute approximate surface area is 135 Å². The second-order valence-corrected chi connectivity index (χ2v) is 6.01. The third-order valence-corrected chi connectivity index (χ3v) is 3.96. The van der Waals surface area contributed by atoms with Crippen LogP contribution in [0.25, 0.3) is 0 Å². The summed E-state index contributed by atoms with van der Waals surface area (Å²) < 4.78 is 16.0. The number of hydrogen-bond donors (Lipinski definition) is 0. The molecular formula is C18H32O4. The van der Waals surface area contributed by atoms with Crippen LogP contribution in [-0.4, -0.2) is 32.1 Å². The van der Waals surface area contributed by atoms with Crippen LogP contribution >= 0.6 is 0 Å². The van der Waals surface area contributed by atoms with Crippen molar-refractivity contribution in [2.24, 2.45) is 0 Å². The molecule has 1 aliphatic heterocycles. The van der Waals surface area contributed by atoms with Crippen molar-refractivity contribution in [3.05, 3.63) is 12.2 Å². The van der Waals surface area contributed by atoms with Gasteiger partial charge in [-0.3, -0.25) is 0 Å². The summed E-state index contributed by atoms with van der Waals surface area (Å²) in [6, 6.07) is 0. The van der Waals surface area contributed by atoms with Crippen molar-refractivity contribution in [2.45, 2.75) is 83.5 Å². The summed E-state index contributed by atoms with van der Waals surface area (Å²) in [6.07, 6.45) is 15.3. The SMILES string of the molecule is COC(=O)/C=C/CCCCCCC[C@@H](C)OC1CCCCO1. The molecule has 22 heavy (non-hydrogen) atoms. The maximum atomic E-state index is 10.9. The minimum Gasteiger partial charge on any atom is -0.466 e. The maximum absolute atomic E-state index is 10.9. The summed E-state index contributed by atoms with van der Waals surface area (Å²) in [6.45, 7) is 3.00. The van der Waals surface area contributed by atoms with Gasteiger partial charge in [-0.1, -0.05) is 31.8 Å². The first-order chi connectivity index (χ1) is 10.7. The molecule has 0 N–H and O–H groups in total. The first-order valence-electron chi connectivity index (χ1n) is 8.74. The standard InChI is InChI=1S/C18H32O4/c1-16(22-18-14-10-11-15-21-18)12-8-6-4-3-5-7-9-13-17(19)20-2/h9,13,16,18H,3-8,10-12,14-15H2,1-2H3/b13-9+/t16-,18?/m1/s1. The Bertz CT molecular complexity index is 308. The van der Waals surface area contributed by atoms with Gasteiger partial charge >= 0.3 is 5.97 Å². The van der Waals surface area contributed by atoms with Gasteiger partial charge in [-0.15, -0.1) is 0 Å². The van der Waals surface area contributed by atoms with Gasteiger partial charge in [0.2, 0.25) is 0 Å². The molecule has 1 heterocycles. The van der Waals surface area contributed by atoms with Crippen LogP contribution in [0.3, 0.4) is 0 Å². The van der Waals surface area contributed by atoms with Crippen LogP contribution in [0.5, 0.6) is 0 Å². The Morgan fingerprint density at radius 1 is 1.23 bits per heavy atom. The molecule has 2 atom stereocenters. The fourth-order valence-electron chi connectivity index (χ4n) is 2.62. The van der Waals surface area contributed by atoms with E-state index in [0.29, 0.717) is 6.10 Å². The van der Waals surface area contributed by atoms with E-state index in [1.807, 2.05) is 6.08 Å². The molecule has 1 saturated heterocycles. The minimum absolute atomic E-state index is 0.0327. The predicted octanol–water partition coefficient (Wildman–Crippen LogP) is 4.38. The Hall–Kier alpha value is -0.870. The van der Waals surface area contributed by atoms with Gasteiger partial charge in [-0.2, -0.15) is 0 Å². The van der Waals surface area contributed by atoms with E-state index in [1.54, 1.807) is 0 Å². The zero-order valence-corrected chi connectivity index (χ0v) is 14.2. The number of hydrogen-bond acceptors (Lipinski definition) is 4. The first kappa shape index (κ1) is 19.2. The number of ether oxygens (including phenoxy) is 3. The van der Waals surface area contributed by atoms with Gasteiger partial charge in [0.15, 0.2) is 6.29 Å². The molecule has 0 spiro atoms. The summed E-state index contributed by atoms with van der Waals surface area (Å²) in [7, 11) is 1.40. The van der Waals surface area contributed by atoms with Crippen molar-refractivity contribution in [1.29, 1.82) is 0 Å². The molecule has 1 rings (SSSR count). The molecule has 0 radical (unpaired) electrons. The molecule has 0 aromatic carbocycles. The number of unbranched alkanes of at least 4 members (excludes halogenated alkanes) is 5. The number of allylic oxidation sites excluding steroid dienone is 1. The van der Waals surface area contributed by atoms with Crippen molar-refractivity contribution in [2.75, 3.05) is 13.7 Å². The third kappa shape index (κ3) is 9.96. The third-order valence-electron chi connectivity index (χ3n) is 3.96. The molecule has 0 aromatic rings. The van der Waals surface area contributed by atoms with Gasteiger partial charge in [0.05, 0.1) is 13.2 Å². The number of esters is 1. The topological polar surface area (TPSA) is 44.8 Å². The van der Waals surface area contributed by atoms with Gasteiger partial charge in [0, 0.05) is 12.7 Å². The van der Waals surface area contributed by atoms with E-state index in [2.05, 4.69) is 11.7 Å². The zero-order valence-electron chi connectivity index (χ0n) is 14.2. The van der Waals surface area contributed by atoms with Crippen LogP contribution in [-0.2, 0) is 19.0 Å². The predicted molar refractivity (Wildman–Crippen MR) is 87.6 cm³/mol. The lowest BCUT2D eigenvalue weighted by atomic mass is 10.1. The molecule has 4 nitrogen and oxygen atoms in total. The van der Waals surface area contributed by atoms with E-state index >= 15 is 0 Å². The fourth-order valence-corrected chi connectivity index (χ4v) is 2.62. The first-order valence-corrected chi connectivity index (χ1v) is 8.74. The lowest BCUT2D eigenvalue weighted by Gasteiger charge is -2.26. The fraction of sp³-hybridized carbons (Fsp3) is 0.833. The summed E-state index contributed by atoms with van der Waals surface area (Å²) in [5.41, 5.74) is 0. The zero-order chi connectivity index (χ0) is 16.0. The maximum Gasteiger partial charge on any atom is 0.330 e.